The fourth-order valence-electron chi connectivity index (χ4n) is 16.1. The van der Waals surface area contributed by atoms with E-state index in [1.54, 1.807) is 0 Å². The summed E-state index contributed by atoms with van der Waals surface area (Å²) in [6, 6.07) is 95.4. The zero-order valence-electron chi connectivity index (χ0n) is 54.0. The molecule has 4 nitrogen and oxygen atoms in total. The molecule has 0 amide bonds. The van der Waals surface area contributed by atoms with Gasteiger partial charge in [-0.25, -0.2) is 0 Å². The van der Waals surface area contributed by atoms with Gasteiger partial charge in [0.1, 0.15) is 11.2 Å². The second-order valence-corrected chi connectivity index (χ2v) is 28.6. The number of hydrogen-bond donors (Lipinski definition) is 0. The van der Waals surface area contributed by atoms with E-state index >= 15 is 0 Å². The van der Waals surface area contributed by atoms with Crippen molar-refractivity contribution in [1.29, 1.82) is 0 Å². The first-order chi connectivity index (χ1) is 45.1. The predicted molar refractivity (Wildman–Crippen MR) is 394 cm³/mol. The molecule has 0 radical (unpaired) electrons. The maximum Gasteiger partial charge on any atom is 0.159 e. The van der Waals surface area contributed by atoms with Crippen LogP contribution in [0.5, 0.6) is 0 Å². The van der Waals surface area contributed by atoms with Crippen molar-refractivity contribution in [1.82, 2.24) is 0 Å². The zero-order chi connectivity index (χ0) is 63.0. The van der Waals surface area contributed by atoms with Crippen LogP contribution in [0, 0.1) is 0 Å². The van der Waals surface area contributed by atoms with Crippen LogP contribution in [-0.2, 0) is 16.2 Å². The summed E-state index contributed by atoms with van der Waals surface area (Å²) in [7, 11) is 0. The molecule has 0 saturated heterocycles. The van der Waals surface area contributed by atoms with Crippen LogP contribution in [0.4, 0.5) is 34.1 Å². The van der Waals surface area contributed by atoms with Gasteiger partial charge in [0.2, 0.25) is 0 Å². The highest BCUT2D eigenvalue weighted by atomic mass is 16.3. The average molecular weight is 1200 g/mol. The number of para-hydroxylation sites is 3. The van der Waals surface area contributed by atoms with Crippen LogP contribution in [0.2, 0.25) is 0 Å². The molecule has 14 aromatic carbocycles. The van der Waals surface area contributed by atoms with Crippen molar-refractivity contribution in [3.8, 4) is 33.4 Å². The van der Waals surface area contributed by atoms with Gasteiger partial charge in [0.15, 0.2) is 11.2 Å². The molecule has 448 valence electrons. The van der Waals surface area contributed by atoms with E-state index in [1.165, 1.54) is 98.7 Å². The number of rotatable bonds is 8. The van der Waals surface area contributed by atoms with Crippen molar-refractivity contribution in [2.45, 2.75) is 84.5 Å². The van der Waals surface area contributed by atoms with Gasteiger partial charge in [0.05, 0.1) is 22.7 Å². The van der Waals surface area contributed by atoms with E-state index in [4.69, 9.17) is 8.83 Å². The molecule has 0 saturated carbocycles. The molecule has 2 aliphatic carbocycles. The number of nitrogens with zero attached hydrogens (tertiary/aromatic N) is 2. The van der Waals surface area contributed by atoms with Crippen LogP contribution in [-0.4, -0.2) is 0 Å². The molecule has 0 spiro atoms. The van der Waals surface area contributed by atoms with Crippen LogP contribution in [0.25, 0.3) is 120 Å². The topological polar surface area (TPSA) is 32.8 Å². The van der Waals surface area contributed by atoms with E-state index in [-0.39, 0.29) is 16.2 Å². The molecule has 2 aromatic heterocycles. The Hall–Kier alpha value is -10.7. The number of anilines is 6. The molecule has 0 fully saturated rings. The molecular formula is C89H70N2O2. The van der Waals surface area contributed by atoms with Crippen LogP contribution < -0.4 is 9.80 Å². The summed E-state index contributed by atoms with van der Waals surface area (Å²) < 4.78 is 14.0. The normalized spacial score (nSPS) is 13.9. The third-order valence-electron chi connectivity index (χ3n) is 21.1. The number of fused-ring (bicyclic) bond motifs is 18. The summed E-state index contributed by atoms with van der Waals surface area (Å²) in [4.78, 5) is 4.91. The van der Waals surface area contributed by atoms with Gasteiger partial charge in [0, 0.05) is 54.5 Å². The molecule has 0 atom stereocenters. The molecule has 4 heteroatoms. The van der Waals surface area contributed by atoms with Gasteiger partial charge >= 0.3 is 0 Å². The summed E-state index contributed by atoms with van der Waals surface area (Å²) in [5, 5.41) is 14.2. The van der Waals surface area contributed by atoms with Crippen molar-refractivity contribution < 1.29 is 8.83 Å². The molecular weight excluding hydrogens is 1130 g/mol. The second kappa shape index (κ2) is 19.9. The van der Waals surface area contributed by atoms with E-state index < -0.39 is 0 Å². The highest BCUT2D eigenvalue weighted by molar-refractivity contribution is 6.17. The third kappa shape index (κ3) is 8.23. The van der Waals surface area contributed by atoms with Gasteiger partial charge in [-0.15, -0.1) is 0 Å². The van der Waals surface area contributed by atoms with E-state index in [9.17, 15) is 0 Å². The first-order valence-electron chi connectivity index (χ1n) is 33.0. The maximum atomic E-state index is 7.19. The van der Waals surface area contributed by atoms with E-state index in [2.05, 4.69) is 327 Å². The molecule has 18 rings (SSSR count). The molecule has 0 aliphatic heterocycles. The zero-order valence-corrected chi connectivity index (χ0v) is 54.0. The van der Waals surface area contributed by atoms with Crippen molar-refractivity contribution in [3.05, 3.63) is 288 Å². The highest BCUT2D eigenvalue weighted by Crippen LogP contribution is 2.59. The molecule has 93 heavy (non-hydrogen) atoms. The van der Waals surface area contributed by atoms with Gasteiger partial charge in [-0.05, 0) is 207 Å². The fourth-order valence-corrected chi connectivity index (χ4v) is 16.1. The quantitative estimate of drug-likeness (QED) is 0.152. The lowest BCUT2D eigenvalue weighted by molar-refractivity contribution is 0.590. The van der Waals surface area contributed by atoms with Gasteiger partial charge < -0.3 is 18.6 Å². The molecule has 2 heterocycles. The standard InChI is InChI=1S/C89H70N2O2/c1-52(2)53-34-39-61(40-35-53)90(77-29-18-27-68-65-24-16-17-31-81(65)92-85(68)77)79-51-76-84(67-26-15-12-22-63(67)79)72-47-58-33-32-56(44-59(58)49-74(72)89(76,8)9)57-36-43-82-70(45-57)69-28-19-30-78(86(69)93-82)91(62-41-37-60(38-42-62)87(3,4)5)80-50-75-83(66-25-14-13-23-64(66)80)71-46-54-20-10-11-21-55(54)48-73(71)88(75,6)7/h10-52H,1-9H3. The number of furan rings is 2. The maximum absolute atomic E-state index is 7.19. The fraction of sp³-hybridized carbons (Fsp3) is 0.146. The number of benzene rings is 14. The van der Waals surface area contributed by atoms with E-state index in [0.717, 1.165) is 89.1 Å². The summed E-state index contributed by atoms with van der Waals surface area (Å²) >= 11 is 0. The predicted octanol–water partition coefficient (Wildman–Crippen LogP) is 25.7. The lowest BCUT2D eigenvalue weighted by atomic mass is 9.81. The summed E-state index contributed by atoms with van der Waals surface area (Å²) in [5.41, 5.74) is 24.8. The minimum atomic E-state index is -0.330. The van der Waals surface area contributed by atoms with Gasteiger partial charge in [-0.1, -0.05) is 220 Å². The monoisotopic (exact) mass is 1200 g/mol. The SMILES string of the molecule is CC(C)c1ccc(N(c2cc3c(c4ccccc24)-c2cc4ccc(-c5ccc6oc7c(N(c8ccc(C(C)(C)C)cc8)c8cc9c(c%10ccccc8%10)-c8cc%10ccccc%10cc8C9(C)C)cccc7c6c5)cc4cc2C3(C)C)c2cccc3c2oc2ccccc23)cc1. The second-order valence-electron chi connectivity index (χ2n) is 28.6. The Labute approximate surface area is 542 Å². The lowest BCUT2D eigenvalue weighted by Crippen LogP contribution is -2.17. The van der Waals surface area contributed by atoms with Gasteiger partial charge in [-0.3, -0.25) is 0 Å². The Morgan fingerprint density at radius 2 is 0.774 bits per heavy atom. The average Bonchev–Trinajstić information content (AvgIpc) is 1.57. The minimum Gasteiger partial charge on any atom is -0.454 e. The Morgan fingerprint density at radius 3 is 1.33 bits per heavy atom. The molecule has 2 aliphatic rings. The third-order valence-corrected chi connectivity index (χ3v) is 21.1. The van der Waals surface area contributed by atoms with Crippen LogP contribution in [0.15, 0.2) is 264 Å². The van der Waals surface area contributed by atoms with E-state index in [0.29, 0.717) is 5.92 Å². The van der Waals surface area contributed by atoms with Crippen LogP contribution in [0.3, 0.4) is 0 Å². The smallest absolute Gasteiger partial charge is 0.159 e. The Kier molecular flexibility index (Phi) is 11.8. The van der Waals surface area contributed by atoms with Crippen molar-refractivity contribution in [2.75, 3.05) is 9.80 Å². The van der Waals surface area contributed by atoms with Crippen molar-refractivity contribution in [3.63, 3.8) is 0 Å². The van der Waals surface area contributed by atoms with Gasteiger partial charge in [0.25, 0.3) is 0 Å². The van der Waals surface area contributed by atoms with Crippen LogP contribution >= 0.6 is 0 Å². The molecule has 0 N–H and O–H groups in total. The summed E-state index contributed by atoms with van der Waals surface area (Å²) in [6.07, 6.45) is 0. The summed E-state index contributed by atoms with van der Waals surface area (Å²) in [5.74, 6) is 0.409. The molecule has 16 aromatic rings. The Morgan fingerprint density at radius 1 is 0.333 bits per heavy atom. The largest absolute Gasteiger partial charge is 0.454 e. The van der Waals surface area contributed by atoms with Crippen LogP contribution in [0.1, 0.15) is 102 Å². The minimum absolute atomic E-state index is 0.00767. The first-order valence-corrected chi connectivity index (χ1v) is 33.0. The highest BCUT2D eigenvalue weighted by Gasteiger charge is 2.41. The van der Waals surface area contributed by atoms with Gasteiger partial charge in [-0.2, -0.15) is 0 Å². The summed E-state index contributed by atoms with van der Waals surface area (Å²) in [6.45, 7) is 21.0. The first kappa shape index (κ1) is 55.2. The number of hydrogen-bond acceptors (Lipinski definition) is 4. The van der Waals surface area contributed by atoms with Crippen molar-refractivity contribution >= 4 is 121 Å². The Balaban J connectivity index is 0.759. The van der Waals surface area contributed by atoms with Crippen molar-refractivity contribution in [2.24, 2.45) is 0 Å². The van der Waals surface area contributed by atoms with E-state index in [1.807, 2.05) is 0 Å². The molecule has 0 bridgehead atoms. The molecule has 0 unspecified atom stereocenters. The Bertz CT molecular complexity index is 5830. The lowest BCUT2D eigenvalue weighted by Gasteiger charge is -2.30.